The van der Waals surface area contributed by atoms with E-state index in [-0.39, 0.29) is 18.7 Å². The van der Waals surface area contributed by atoms with Crippen LogP contribution in [0.25, 0.3) is 6.08 Å². The van der Waals surface area contributed by atoms with E-state index in [0.29, 0.717) is 23.8 Å². The van der Waals surface area contributed by atoms with E-state index in [1.807, 2.05) is 6.92 Å². The summed E-state index contributed by atoms with van der Waals surface area (Å²) >= 11 is 0. The molecule has 148 valence electrons. The monoisotopic (exact) mass is 385 g/mol. The van der Waals surface area contributed by atoms with Gasteiger partial charge in [0.25, 0.3) is 5.91 Å². The van der Waals surface area contributed by atoms with E-state index in [1.165, 1.54) is 12.2 Å². The molecule has 0 spiro atoms. The summed E-state index contributed by atoms with van der Waals surface area (Å²) in [5.74, 6) is 0.686. The zero-order valence-corrected chi connectivity index (χ0v) is 15.8. The minimum absolute atomic E-state index is 0.0174. The Kier molecular flexibility index (Phi) is 7.83. The molecule has 3 N–H and O–H groups in total. The Labute approximate surface area is 162 Å². The number of hydrogen-bond acceptors (Lipinski definition) is 5. The molecule has 8 nitrogen and oxygen atoms in total. The summed E-state index contributed by atoms with van der Waals surface area (Å²) in [6.07, 6.45) is 2.64. The van der Waals surface area contributed by atoms with E-state index in [0.717, 1.165) is 5.76 Å². The number of nitrogens with one attached hydrogen (secondary N) is 3. The van der Waals surface area contributed by atoms with Crippen LogP contribution < -0.4 is 20.9 Å². The summed E-state index contributed by atoms with van der Waals surface area (Å²) in [6, 6.07) is 10.4. The molecule has 0 aliphatic rings. The molecule has 0 saturated heterocycles. The van der Waals surface area contributed by atoms with Crippen molar-refractivity contribution >= 4 is 29.5 Å². The average Bonchev–Trinajstić information content (AvgIpc) is 3.10. The molecule has 1 aromatic carbocycles. The standard InChI is InChI=1S/C20H23N3O5/c1-3-27-16-8-5-15(6-9-16)21-18(24)12-13-20(26)23-22-19(25)11-10-17-7-4-14(2)28-17/h4-11H,3,12-13H2,1-2H3,(H,21,24)(H,22,25)(H,23,26)/b11-10+. The van der Waals surface area contributed by atoms with Crippen LogP contribution in [0.5, 0.6) is 5.75 Å². The highest BCUT2D eigenvalue weighted by Gasteiger charge is 2.08. The Morgan fingerprint density at radius 1 is 1.00 bits per heavy atom. The van der Waals surface area contributed by atoms with Gasteiger partial charge in [-0.3, -0.25) is 25.2 Å². The van der Waals surface area contributed by atoms with Gasteiger partial charge < -0.3 is 14.5 Å². The molecule has 2 aromatic rings. The number of benzene rings is 1. The SMILES string of the molecule is CCOc1ccc(NC(=O)CCC(=O)NNC(=O)/C=C/c2ccc(C)o2)cc1. The number of furan rings is 1. The average molecular weight is 385 g/mol. The second-order valence-corrected chi connectivity index (χ2v) is 5.82. The summed E-state index contributed by atoms with van der Waals surface area (Å²) in [4.78, 5) is 35.3. The van der Waals surface area contributed by atoms with Crippen LogP contribution in [0.1, 0.15) is 31.3 Å². The first kappa shape index (κ1) is 20.8. The van der Waals surface area contributed by atoms with Gasteiger partial charge in [0, 0.05) is 24.6 Å². The Morgan fingerprint density at radius 2 is 1.71 bits per heavy atom. The van der Waals surface area contributed by atoms with Crippen molar-refractivity contribution in [3.8, 4) is 5.75 Å². The Morgan fingerprint density at radius 3 is 2.36 bits per heavy atom. The quantitative estimate of drug-likeness (QED) is 0.478. The van der Waals surface area contributed by atoms with Crippen molar-refractivity contribution in [3.63, 3.8) is 0 Å². The van der Waals surface area contributed by atoms with Crippen molar-refractivity contribution in [2.75, 3.05) is 11.9 Å². The summed E-state index contributed by atoms with van der Waals surface area (Å²) in [7, 11) is 0. The molecule has 2 rings (SSSR count). The normalized spacial score (nSPS) is 10.5. The number of carbonyl (C=O) groups excluding carboxylic acids is 3. The molecule has 0 fully saturated rings. The van der Waals surface area contributed by atoms with Crippen molar-refractivity contribution in [1.29, 1.82) is 0 Å². The topological polar surface area (TPSA) is 110 Å². The van der Waals surface area contributed by atoms with Gasteiger partial charge in [0.2, 0.25) is 11.8 Å². The van der Waals surface area contributed by atoms with Crippen LogP contribution in [0.15, 0.2) is 46.9 Å². The summed E-state index contributed by atoms with van der Waals surface area (Å²) in [6.45, 7) is 4.25. The lowest BCUT2D eigenvalue weighted by Crippen LogP contribution is -2.40. The first-order valence-corrected chi connectivity index (χ1v) is 8.82. The lowest BCUT2D eigenvalue weighted by Gasteiger charge is -2.08. The molecule has 0 radical (unpaired) electrons. The van der Waals surface area contributed by atoms with E-state index >= 15 is 0 Å². The van der Waals surface area contributed by atoms with Crippen LogP contribution in [-0.4, -0.2) is 24.3 Å². The first-order valence-electron chi connectivity index (χ1n) is 8.82. The summed E-state index contributed by atoms with van der Waals surface area (Å²) in [5.41, 5.74) is 5.10. The minimum Gasteiger partial charge on any atom is -0.494 e. The molecular formula is C20H23N3O5. The van der Waals surface area contributed by atoms with Gasteiger partial charge in [-0.1, -0.05) is 0 Å². The van der Waals surface area contributed by atoms with Gasteiger partial charge in [-0.2, -0.15) is 0 Å². The Bertz CT molecular complexity index is 840. The molecular weight excluding hydrogens is 362 g/mol. The third-order valence-electron chi connectivity index (χ3n) is 3.51. The predicted octanol–water partition coefficient (Wildman–Crippen LogP) is 2.57. The number of hydrazine groups is 1. The first-order chi connectivity index (χ1) is 13.5. The lowest BCUT2D eigenvalue weighted by molar-refractivity contribution is -0.128. The molecule has 0 aliphatic carbocycles. The van der Waals surface area contributed by atoms with Crippen LogP contribution in [-0.2, 0) is 14.4 Å². The van der Waals surface area contributed by atoms with E-state index in [1.54, 1.807) is 43.3 Å². The number of rotatable bonds is 8. The van der Waals surface area contributed by atoms with Crippen molar-refractivity contribution < 1.29 is 23.5 Å². The van der Waals surface area contributed by atoms with E-state index < -0.39 is 11.8 Å². The smallest absolute Gasteiger partial charge is 0.262 e. The van der Waals surface area contributed by atoms with Crippen molar-refractivity contribution in [1.82, 2.24) is 10.9 Å². The molecule has 1 aromatic heterocycles. The van der Waals surface area contributed by atoms with Gasteiger partial charge in [-0.15, -0.1) is 0 Å². The molecule has 3 amide bonds. The molecule has 0 atom stereocenters. The largest absolute Gasteiger partial charge is 0.494 e. The highest BCUT2D eigenvalue weighted by molar-refractivity contribution is 5.95. The van der Waals surface area contributed by atoms with E-state index in [4.69, 9.17) is 9.15 Å². The molecule has 0 saturated carbocycles. The number of carbonyl (C=O) groups is 3. The highest BCUT2D eigenvalue weighted by Crippen LogP contribution is 2.15. The van der Waals surface area contributed by atoms with E-state index in [9.17, 15) is 14.4 Å². The molecule has 0 unspecified atom stereocenters. The minimum atomic E-state index is -0.513. The maximum absolute atomic E-state index is 11.9. The Hall–Kier alpha value is -3.55. The molecule has 0 bridgehead atoms. The van der Waals surface area contributed by atoms with Crippen LogP contribution >= 0.6 is 0 Å². The third-order valence-corrected chi connectivity index (χ3v) is 3.51. The van der Waals surface area contributed by atoms with Gasteiger partial charge >= 0.3 is 0 Å². The van der Waals surface area contributed by atoms with E-state index in [2.05, 4.69) is 16.2 Å². The lowest BCUT2D eigenvalue weighted by atomic mass is 10.2. The zero-order chi connectivity index (χ0) is 20.4. The maximum Gasteiger partial charge on any atom is 0.262 e. The van der Waals surface area contributed by atoms with Crippen LogP contribution in [0, 0.1) is 6.92 Å². The number of ether oxygens (including phenoxy) is 1. The number of amides is 3. The summed E-state index contributed by atoms with van der Waals surface area (Å²) < 4.78 is 10.6. The fourth-order valence-corrected chi connectivity index (χ4v) is 2.19. The maximum atomic E-state index is 11.9. The number of anilines is 1. The van der Waals surface area contributed by atoms with Crippen molar-refractivity contribution in [2.45, 2.75) is 26.7 Å². The number of hydrogen-bond donors (Lipinski definition) is 3. The van der Waals surface area contributed by atoms with Gasteiger partial charge in [0.05, 0.1) is 6.61 Å². The van der Waals surface area contributed by atoms with Crippen LogP contribution in [0.4, 0.5) is 5.69 Å². The van der Waals surface area contributed by atoms with Gasteiger partial charge in [-0.25, -0.2) is 0 Å². The second-order valence-electron chi connectivity index (χ2n) is 5.82. The fraction of sp³-hybridized carbons (Fsp3) is 0.250. The van der Waals surface area contributed by atoms with Gasteiger partial charge in [0.1, 0.15) is 17.3 Å². The second kappa shape index (κ2) is 10.6. The van der Waals surface area contributed by atoms with Crippen LogP contribution in [0.2, 0.25) is 0 Å². The summed E-state index contributed by atoms with van der Waals surface area (Å²) in [5, 5.41) is 2.69. The zero-order valence-electron chi connectivity index (χ0n) is 15.8. The van der Waals surface area contributed by atoms with Gasteiger partial charge in [-0.05, 0) is 56.3 Å². The number of aryl methyl sites for hydroxylation is 1. The van der Waals surface area contributed by atoms with Crippen molar-refractivity contribution in [3.05, 3.63) is 54.0 Å². The predicted molar refractivity (Wildman–Crippen MR) is 104 cm³/mol. The van der Waals surface area contributed by atoms with Crippen molar-refractivity contribution in [2.24, 2.45) is 0 Å². The molecule has 1 heterocycles. The third kappa shape index (κ3) is 7.36. The van der Waals surface area contributed by atoms with Gasteiger partial charge in [0.15, 0.2) is 0 Å². The Balaban J connectivity index is 1.66. The fourth-order valence-electron chi connectivity index (χ4n) is 2.19. The molecule has 0 aliphatic heterocycles. The van der Waals surface area contributed by atoms with Crippen LogP contribution in [0.3, 0.4) is 0 Å². The molecule has 8 heteroatoms. The highest BCUT2D eigenvalue weighted by atomic mass is 16.5. The molecule has 28 heavy (non-hydrogen) atoms.